The number of nitrogens with zero attached hydrogens (tertiary/aromatic N) is 2. The number of aromatic nitrogens is 2. The summed E-state index contributed by atoms with van der Waals surface area (Å²) < 4.78 is 13.1. The molecule has 6 nitrogen and oxygen atoms in total. The van der Waals surface area contributed by atoms with Gasteiger partial charge >= 0.3 is 0 Å². The Morgan fingerprint density at radius 1 is 1.67 bits per heavy atom. The smallest absolute Gasteiger partial charge is 0.224 e. The maximum atomic E-state index is 13.1. The number of primary amides is 1. The molecule has 1 aromatic rings. The molecule has 0 radical (unpaired) electrons. The molecule has 1 aromatic heterocycles. The minimum Gasteiger partial charge on any atom is -0.370 e. The Bertz CT molecular complexity index is 357. The van der Waals surface area contributed by atoms with E-state index >= 15 is 0 Å². The van der Waals surface area contributed by atoms with Gasteiger partial charge in [0, 0.05) is 20.0 Å². The van der Waals surface area contributed by atoms with Gasteiger partial charge in [0.1, 0.15) is 0 Å². The van der Waals surface area contributed by atoms with Gasteiger partial charge < -0.3 is 16.4 Å². The van der Waals surface area contributed by atoms with Crippen LogP contribution in [-0.2, 0) is 4.79 Å². The zero-order chi connectivity index (χ0) is 11.3. The summed E-state index contributed by atoms with van der Waals surface area (Å²) in [6, 6.07) is 0. The highest BCUT2D eigenvalue weighted by molar-refractivity contribution is 5.74. The van der Waals surface area contributed by atoms with E-state index in [1.54, 1.807) is 7.05 Å². The monoisotopic (exact) mass is 213 g/mol. The van der Waals surface area contributed by atoms with E-state index in [4.69, 9.17) is 5.73 Å². The molecule has 0 aliphatic carbocycles. The Hall–Kier alpha value is -1.92. The van der Waals surface area contributed by atoms with Crippen molar-refractivity contribution in [2.75, 3.05) is 24.2 Å². The third-order valence-corrected chi connectivity index (χ3v) is 1.63. The molecule has 0 aliphatic heterocycles. The van der Waals surface area contributed by atoms with Crippen LogP contribution in [0, 0.1) is 5.82 Å². The Kier molecular flexibility index (Phi) is 3.78. The highest BCUT2D eigenvalue weighted by atomic mass is 19.1. The molecule has 15 heavy (non-hydrogen) atoms. The normalized spacial score (nSPS) is 9.73. The zero-order valence-electron chi connectivity index (χ0n) is 8.25. The predicted molar refractivity (Wildman–Crippen MR) is 53.8 cm³/mol. The molecule has 0 fully saturated rings. The molecule has 4 N–H and O–H groups in total. The Morgan fingerprint density at radius 3 is 3.00 bits per heavy atom. The summed E-state index contributed by atoms with van der Waals surface area (Å²) in [5.74, 6) is -0.669. The molecular weight excluding hydrogens is 201 g/mol. The van der Waals surface area contributed by atoms with Crippen molar-refractivity contribution in [1.29, 1.82) is 0 Å². The number of carbonyl (C=O) groups is 1. The number of rotatable bonds is 5. The van der Waals surface area contributed by atoms with Crippen LogP contribution in [-0.4, -0.2) is 29.5 Å². The van der Waals surface area contributed by atoms with Crippen LogP contribution >= 0.6 is 0 Å². The summed E-state index contributed by atoms with van der Waals surface area (Å²) in [7, 11) is 1.63. The lowest BCUT2D eigenvalue weighted by atomic mass is 10.4. The molecule has 0 saturated heterocycles. The number of carbonyl (C=O) groups excluding carboxylic acids is 1. The van der Waals surface area contributed by atoms with Crippen molar-refractivity contribution in [2.45, 2.75) is 6.42 Å². The summed E-state index contributed by atoms with van der Waals surface area (Å²) >= 11 is 0. The lowest BCUT2D eigenvalue weighted by molar-refractivity contribution is -0.117. The molecule has 1 heterocycles. The third kappa shape index (κ3) is 3.37. The van der Waals surface area contributed by atoms with Gasteiger partial charge in [0.25, 0.3) is 0 Å². The topological polar surface area (TPSA) is 92.9 Å². The molecular formula is C8H12FN5O. The Balaban J connectivity index is 2.62. The second-order valence-corrected chi connectivity index (χ2v) is 2.78. The van der Waals surface area contributed by atoms with Crippen LogP contribution in [0.4, 0.5) is 16.2 Å². The van der Waals surface area contributed by atoms with Crippen LogP contribution in [0.2, 0.25) is 0 Å². The molecule has 0 bridgehead atoms. The fourth-order valence-corrected chi connectivity index (χ4v) is 0.916. The van der Waals surface area contributed by atoms with E-state index in [0.717, 1.165) is 6.20 Å². The number of nitrogens with one attached hydrogen (secondary N) is 2. The van der Waals surface area contributed by atoms with Crippen molar-refractivity contribution in [1.82, 2.24) is 9.97 Å². The molecule has 1 amide bonds. The maximum absolute atomic E-state index is 13.1. The van der Waals surface area contributed by atoms with Gasteiger partial charge in [0.15, 0.2) is 11.6 Å². The van der Waals surface area contributed by atoms with Gasteiger partial charge in [0.2, 0.25) is 11.9 Å². The summed E-state index contributed by atoms with van der Waals surface area (Å²) in [6.45, 7) is 0.242. The standard InChI is InChI=1S/C8H12FN5O/c1-11-8-13-4-5(9)7(14-8)12-3-2-6(10)15/h4H,2-3H2,1H3,(H2,10,15)(H2,11,12,13,14). The van der Waals surface area contributed by atoms with Crippen LogP contribution < -0.4 is 16.4 Å². The van der Waals surface area contributed by atoms with Crippen LogP contribution in [0.25, 0.3) is 0 Å². The van der Waals surface area contributed by atoms with Crippen molar-refractivity contribution >= 4 is 17.7 Å². The van der Waals surface area contributed by atoms with E-state index in [1.807, 2.05) is 0 Å². The molecule has 7 heteroatoms. The van der Waals surface area contributed by atoms with Crippen LogP contribution in [0.15, 0.2) is 6.20 Å². The molecule has 0 saturated carbocycles. The molecule has 0 atom stereocenters. The van der Waals surface area contributed by atoms with Crippen molar-refractivity contribution in [2.24, 2.45) is 5.73 Å². The highest BCUT2D eigenvalue weighted by Crippen LogP contribution is 2.10. The minimum atomic E-state index is -0.571. The predicted octanol–water partition coefficient (Wildman–Crippen LogP) is -0.0553. The maximum Gasteiger partial charge on any atom is 0.224 e. The van der Waals surface area contributed by atoms with Gasteiger partial charge in [-0.1, -0.05) is 0 Å². The number of hydrogen-bond donors (Lipinski definition) is 3. The number of hydrogen-bond acceptors (Lipinski definition) is 5. The average molecular weight is 213 g/mol. The van der Waals surface area contributed by atoms with E-state index in [-0.39, 0.29) is 18.8 Å². The quantitative estimate of drug-likeness (QED) is 0.637. The van der Waals surface area contributed by atoms with Gasteiger partial charge in [-0.05, 0) is 0 Å². The van der Waals surface area contributed by atoms with E-state index in [9.17, 15) is 9.18 Å². The second kappa shape index (κ2) is 5.08. The van der Waals surface area contributed by atoms with Crippen molar-refractivity contribution in [3.63, 3.8) is 0 Å². The largest absolute Gasteiger partial charge is 0.370 e. The van der Waals surface area contributed by atoms with E-state index in [1.165, 1.54) is 0 Å². The van der Waals surface area contributed by atoms with Gasteiger partial charge in [-0.2, -0.15) is 4.98 Å². The minimum absolute atomic E-state index is 0.0515. The van der Waals surface area contributed by atoms with Gasteiger partial charge in [0.05, 0.1) is 6.20 Å². The average Bonchev–Trinajstić information content (AvgIpc) is 2.20. The van der Waals surface area contributed by atoms with E-state index < -0.39 is 11.7 Å². The summed E-state index contributed by atoms with van der Waals surface area (Å²) in [5, 5.41) is 5.33. The third-order valence-electron chi connectivity index (χ3n) is 1.63. The van der Waals surface area contributed by atoms with Gasteiger partial charge in [-0.3, -0.25) is 4.79 Å². The van der Waals surface area contributed by atoms with Crippen molar-refractivity contribution < 1.29 is 9.18 Å². The SMILES string of the molecule is CNc1ncc(F)c(NCCC(N)=O)n1. The van der Waals surface area contributed by atoms with Crippen molar-refractivity contribution in [3.8, 4) is 0 Å². The lowest BCUT2D eigenvalue weighted by Gasteiger charge is -2.06. The number of halogens is 1. The summed E-state index contributed by atoms with van der Waals surface area (Å²) in [6.07, 6.45) is 1.17. The lowest BCUT2D eigenvalue weighted by Crippen LogP contribution is -2.17. The fraction of sp³-hybridized carbons (Fsp3) is 0.375. The van der Waals surface area contributed by atoms with Gasteiger partial charge in [-0.15, -0.1) is 0 Å². The van der Waals surface area contributed by atoms with Gasteiger partial charge in [-0.25, -0.2) is 9.37 Å². The molecule has 0 spiro atoms. The van der Waals surface area contributed by atoms with E-state index in [2.05, 4.69) is 20.6 Å². The first-order valence-electron chi connectivity index (χ1n) is 4.36. The Labute approximate surface area is 86.1 Å². The molecule has 0 unspecified atom stereocenters. The summed E-state index contributed by atoms with van der Waals surface area (Å²) in [5.41, 5.74) is 4.93. The molecule has 1 rings (SSSR count). The van der Waals surface area contributed by atoms with Crippen molar-refractivity contribution in [3.05, 3.63) is 12.0 Å². The van der Waals surface area contributed by atoms with E-state index in [0.29, 0.717) is 5.95 Å². The Morgan fingerprint density at radius 2 is 2.40 bits per heavy atom. The first-order valence-corrected chi connectivity index (χ1v) is 4.36. The molecule has 82 valence electrons. The van der Waals surface area contributed by atoms with Crippen LogP contribution in [0.5, 0.6) is 0 Å². The molecule has 0 aliphatic rings. The number of nitrogens with two attached hydrogens (primary N) is 1. The number of anilines is 2. The first kappa shape index (κ1) is 11.2. The fourth-order valence-electron chi connectivity index (χ4n) is 0.916. The first-order chi connectivity index (χ1) is 7.13. The van der Waals surface area contributed by atoms with Crippen LogP contribution in [0.3, 0.4) is 0 Å². The molecule has 0 aromatic carbocycles. The number of amides is 1. The second-order valence-electron chi connectivity index (χ2n) is 2.78. The highest BCUT2D eigenvalue weighted by Gasteiger charge is 2.05. The summed E-state index contributed by atoms with van der Waals surface area (Å²) in [4.78, 5) is 17.9. The van der Waals surface area contributed by atoms with Crippen LogP contribution in [0.1, 0.15) is 6.42 Å². The zero-order valence-corrected chi connectivity index (χ0v) is 8.25.